The summed E-state index contributed by atoms with van der Waals surface area (Å²) >= 11 is 1.48. The third-order valence-electron chi connectivity index (χ3n) is 5.12. The first-order chi connectivity index (χ1) is 14.2. The molecule has 0 radical (unpaired) electrons. The minimum Gasteiger partial charge on any atom is -0.459 e. The average Bonchev–Trinajstić information content (AvgIpc) is 3.41. The van der Waals surface area contributed by atoms with Gasteiger partial charge in [0.15, 0.2) is 10.9 Å². The van der Waals surface area contributed by atoms with Crippen molar-refractivity contribution in [3.05, 3.63) is 72.4 Å². The van der Waals surface area contributed by atoms with Gasteiger partial charge in [-0.15, -0.1) is 0 Å². The second-order valence-electron chi connectivity index (χ2n) is 6.92. The summed E-state index contributed by atoms with van der Waals surface area (Å²) in [7, 11) is 0. The number of thiazole rings is 1. The quantitative estimate of drug-likeness (QED) is 0.496. The largest absolute Gasteiger partial charge is 0.459 e. The molecule has 2 aromatic heterocycles. The molecule has 0 aliphatic carbocycles. The molecule has 4 aromatic rings. The van der Waals surface area contributed by atoms with Gasteiger partial charge in [-0.3, -0.25) is 4.79 Å². The molecule has 0 unspecified atom stereocenters. The van der Waals surface area contributed by atoms with Crippen molar-refractivity contribution in [1.29, 1.82) is 0 Å². The van der Waals surface area contributed by atoms with Crippen LogP contribution in [0.15, 0.2) is 65.3 Å². The number of carbonyl (C=O) groups is 1. The predicted molar refractivity (Wildman–Crippen MR) is 112 cm³/mol. The standard InChI is InChI=1S/C22H18FN3O2S/c23-16-6-7-18-19(14-16)29-22(24-18)26-11-9-25(10-12-26)21(27)20-17(8-13-28-20)15-4-2-1-3-5-15/h1-8,13-14H,9-12H2. The maximum atomic E-state index is 13.4. The maximum Gasteiger partial charge on any atom is 0.290 e. The number of nitrogens with zero attached hydrogens (tertiary/aromatic N) is 3. The Balaban J connectivity index is 1.31. The molecule has 146 valence electrons. The highest BCUT2D eigenvalue weighted by atomic mass is 32.1. The van der Waals surface area contributed by atoms with Gasteiger partial charge in [-0.25, -0.2) is 9.37 Å². The van der Waals surface area contributed by atoms with Crippen LogP contribution in [0, 0.1) is 5.82 Å². The zero-order chi connectivity index (χ0) is 19.8. The van der Waals surface area contributed by atoms with Crippen LogP contribution in [0.4, 0.5) is 9.52 Å². The van der Waals surface area contributed by atoms with E-state index in [0.717, 1.165) is 26.5 Å². The molecule has 1 saturated heterocycles. The Morgan fingerprint density at radius 3 is 2.62 bits per heavy atom. The number of halogens is 1. The lowest BCUT2D eigenvalue weighted by atomic mass is 10.1. The number of furan rings is 1. The van der Waals surface area contributed by atoms with Gasteiger partial charge < -0.3 is 14.2 Å². The van der Waals surface area contributed by atoms with Gasteiger partial charge in [0.05, 0.1) is 16.5 Å². The molecule has 5 nitrogen and oxygen atoms in total. The fourth-order valence-corrected chi connectivity index (χ4v) is 4.63. The number of hydrogen-bond donors (Lipinski definition) is 0. The van der Waals surface area contributed by atoms with Gasteiger partial charge in [-0.05, 0) is 29.8 Å². The zero-order valence-corrected chi connectivity index (χ0v) is 16.4. The number of rotatable bonds is 3. The molecule has 1 aliphatic heterocycles. The number of aromatic nitrogens is 1. The fourth-order valence-electron chi connectivity index (χ4n) is 3.59. The van der Waals surface area contributed by atoms with E-state index < -0.39 is 0 Å². The van der Waals surface area contributed by atoms with Crippen molar-refractivity contribution in [2.75, 3.05) is 31.1 Å². The van der Waals surface area contributed by atoms with Crippen molar-refractivity contribution in [1.82, 2.24) is 9.88 Å². The Labute approximate surface area is 171 Å². The van der Waals surface area contributed by atoms with Gasteiger partial charge in [-0.2, -0.15) is 0 Å². The Morgan fingerprint density at radius 1 is 1.03 bits per heavy atom. The molecule has 0 atom stereocenters. The summed E-state index contributed by atoms with van der Waals surface area (Å²) in [6, 6.07) is 16.2. The van der Waals surface area contributed by atoms with E-state index >= 15 is 0 Å². The number of fused-ring (bicyclic) bond motifs is 1. The van der Waals surface area contributed by atoms with Crippen molar-refractivity contribution >= 4 is 32.6 Å². The molecule has 2 aromatic carbocycles. The van der Waals surface area contributed by atoms with Gasteiger partial charge in [0.2, 0.25) is 0 Å². The van der Waals surface area contributed by atoms with E-state index in [0.29, 0.717) is 31.9 Å². The fraction of sp³-hybridized carbons (Fsp3) is 0.182. The van der Waals surface area contributed by atoms with Crippen LogP contribution < -0.4 is 4.90 Å². The molecule has 7 heteroatoms. The van der Waals surface area contributed by atoms with Crippen LogP contribution in [0.2, 0.25) is 0 Å². The Morgan fingerprint density at radius 2 is 1.83 bits per heavy atom. The van der Waals surface area contributed by atoms with Gasteiger partial charge in [0.1, 0.15) is 5.82 Å². The van der Waals surface area contributed by atoms with E-state index in [1.54, 1.807) is 12.3 Å². The van der Waals surface area contributed by atoms with E-state index in [1.165, 1.54) is 23.5 Å². The molecular formula is C22H18FN3O2S. The van der Waals surface area contributed by atoms with Gasteiger partial charge in [-0.1, -0.05) is 41.7 Å². The minimum absolute atomic E-state index is 0.0973. The summed E-state index contributed by atoms with van der Waals surface area (Å²) < 4.78 is 19.8. The van der Waals surface area contributed by atoms with Crippen LogP contribution in [-0.2, 0) is 0 Å². The third kappa shape index (κ3) is 3.38. The molecule has 1 amide bonds. The summed E-state index contributed by atoms with van der Waals surface area (Å²) in [4.78, 5) is 21.6. The summed E-state index contributed by atoms with van der Waals surface area (Å²) in [5.41, 5.74) is 2.57. The summed E-state index contributed by atoms with van der Waals surface area (Å²) in [6.07, 6.45) is 1.56. The zero-order valence-electron chi connectivity index (χ0n) is 15.5. The van der Waals surface area contributed by atoms with E-state index in [2.05, 4.69) is 9.88 Å². The monoisotopic (exact) mass is 407 g/mol. The smallest absolute Gasteiger partial charge is 0.290 e. The summed E-state index contributed by atoms with van der Waals surface area (Å²) in [5.74, 6) is 0.0239. The maximum absolute atomic E-state index is 13.4. The first-order valence-electron chi connectivity index (χ1n) is 9.42. The molecule has 1 fully saturated rings. The second kappa shape index (κ2) is 7.33. The number of piperazine rings is 1. The Bertz CT molecular complexity index is 1160. The lowest BCUT2D eigenvalue weighted by molar-refractivity contribution is 0.0716. The van der Waals surface area contributed by atoms with Gasteiger partial charge in [0, 0.05) is 31.7 Å². The average molecular weight is 407 g/mol. The first kappa shape index (κ1) is 17.9. The molecule has 0 saturated carbocycles. The highest BCUT2D eigenvalue weighted by molar-refractivity contribution is 7.22. The molecule has 29 heavy (non-hydrogen) atoms. The van der Waals surface area contributed by atoms with Gasteiger partial charge in [0.25, 0.3) is 5.91 Å². The predicted octanol–water partition coefficient (Wildman–Crippen LogP) is 4.66. The molecule has 1 aliphatic rings. The van der Waals surface area contributed by atoms with Crippen molar-refractivity contribution in [3.63, 3.8) is 0 Å². The SMILES string of the molecule is O=C(c1occc1-c1ccccc1)N1CCN(c2nc3ccc(F)cc3s2)CC1. The van der Waals surface area contributed by atoms with Crippen LogP contribution in [-0.4, -0.2) is 42.0 Å². The van der Waals surface area contributed by atoms with Crippen molar-refractivity contribution in [2.24, 2.45) is 0 Å². The highest BCUT2D eigenvalue weighted by Crippen LogP contribution is 2.31. The van der Waals surface area contributed by atoms with Crippen LogP contribution in [0.25, 0.3) is 21.3 Å². The van der Waals surface area contributed by atoms with E-state index in [9.17, 15) is 9.18 Å². The van der Waals surface area contributed by atoms with Crippen LogP contribution >= 0.6 is 11.3 Å². The van der Waals surface area contributed by atoms with E-state index in [4.69, 9.17) is 4.42 Å². The highest BCUT2D eigenvalue weighted by Gasteiger charge is 2.27. The molecule has 0 bridgehead atoms. The molecule has 5 rings (SSSR count). The van der Waals surface area contributed by atoms with E-state index in [-0.39, 0.29) is 11.7 Å². The van der Waals surface area contributed by atoms with Crippen LogP contribution in [0.3, 0.4) is 0 Å². The van der Waals surface area contributed by atoms with Crippen LogP contribution in [0.1, 0.15) is 10.6 Å². The van der Waals surface area contributed by atoms with E-state index in [1.807, 2.05) is 41.3 Å². The molecule has 0 spiro atoms. The summed E-state index contributed by atoms with van der Waals surface area (Å²) in [6.45, 7) is 2.51. The lowest BCUT2D eigenvalue weighted by Crippen LogP contribution is -2.48. The number of benzene rings is 2. The minimum atomic E-state index is -0.254. The number of anilines is 1. The lowest BCUT2D eigenvalue weighted by Gasteiger charge is -2.34. The first-order valence-corrected chi connectivity index (χ1v) is 10.2. The Hall–Kier alpha value is -3.19. The molecule has 0 N–H and O–H groups in total. The Kier molecular flexibility index (Phi) is 4.52. The van der Waals surface area contributed by atoms with Crippen molar-refractivity contribution in [2.45, 2.75) is 0 Å². The molecular weight excluding hydrogens is 389 g/mol. The van der Waals surface area contributed by atoms with Crippen molar-refractivity contribution in [3.8, 4) is 11.1 Å². The summed E-state index contributed by atoms with van der Waals surface area (Å²) in [5, 5.41) is 0.862. The number of amides is 1. The van der Waals surface area contributed by atoms with Gasteiger partial charge >= 0.3 is 0 Å². The number of hydrogen-bond acceptors (Lipinski definition) is 5. The second-order valence-corrected chi connectivity index (χ2v) is 7.93. The normalized spacial score (nSPS) is 14.5. The van der Waals surface area contributed by atoms with Crippen LogP contribution in [0.5, 0.6) is 0 Å². The topological polar surface area (TPSA) is 49.6 Å². The third-order valence-corrected chi connectivity index (χ3v) is 6.20. The number of carbonyl (C=O) groups excluding carboxylic acids is 1. The van der Waals surface area contributed by atoms with Crippen molar-refractivity contribution < 1.29 is 13.6 Å². The molecule has 3 heterocycles.